The van der Waals surface area contributed by atoms with E-state index < -0.39 is 0 Å². The molecule has 0 spiro atoms. The largest absolute Gasteiger partial charge is 0.378 e. The van der Waals surface area contributed by atoms with Gasteiger partial charge in [-0.3, -0.25) is 4.90 Å². The highest BCUT2D eigenvalue weighted by molar-refractivity contribution is 4.79. The van der Waals surface area contributed by atoms with Crippen molar-refractivity contribution in [3.8, 4) is 0 Å². The number of unbranched alkanes of at least 4 members (excludes halogenated alkanes) is 6. The van der Waals surface area contributed by atoms with Crippen LogP contribution >= 0.6 is 0 Å². The molecule has 3 nitrogen and oxygen atoms in total. The van der Waals surface area contributed by atoms with Crippen LogP contribution in [0.15, 0.2) is 0 Å². The minimum absolute atomic E-state index is 0.489. The molecule has 1 aliphatic heterocycles. The third-order valence-corrected chi connectivity index (χ3v) is 4.81. The first-order valence-corrected chi connectivity index (χ1v) is 9.37. The maximum absolute atomic E-state index is 6.00. The summed E-state index contributed by atoms with van der Waals surface area (Å²) in [7, 11) is 0. The van der Waals surface area contributed by atoms with Gasteiger partial charge >= 0.3 is 0 Å². The highest BCUT2D eigenvalue weighted by Gasteiger charge is 2.24. The van der Waals surface area contributed by atoms with Crippen LogP contribution in [0.5, 0.6) is 0 Å². The van der Waals surface area contributed by atoms with Gasteiger partial charge in [-0.05, 0) is 26.2 Å². The summed E-state index contributed by atoms with van der Waals surface area (Å²) in [5.41, 5.74) is 6.00. The fraction of sp³-hybridized carbons (Fsp3) is 1.00. The molecule has 1 unspecified atom stereocenters. The van der Waals surface area contributed by atoms with Gasteiger partial charge in [0, 0.05) is 32.3 Å². The molecule has 21 heavy (non-hydrogen) atoms. The monoisotopic (exact) mass is 298 g/mol. The molecule has 1 rings (SSSR count). The van der Waals surface area contributed by atoms with E-state index in [1.165, 1.54) is 77.3 Å². The van der Waals surface area contributed by atoms with Gasteiger partial charge in [-0.1, -0.05) is 51.9 Å². The fourth-order valence-corrected chi connectivity index (χ4v) is 3.43. The molecular weight excluding hydrogens is 260 g/mol. The van der Waals surface area contributed by atoms with Gasteiger partial charge in [0.2, 0.25) is 0 Å². The zero-order valence-corrected chi connectivity index (χ0v) is 14.5. The van der Waals surface area contributed by atoms with Gasteiger partial charge in [-0.25, -0.2) is 0 Å². The maximum Gasteiger partial charge on any atom is 0.0599 e. The molecule has 1 saturated heterocycles. The summed E-state index contributed by atoms with van der Waals surface area (Å²) in [6.45, 7) is 8.38. The topological polar surface area (TPSA) is 38.5 Å². The van der Waals surface area contributed by atoms with E-state index in [1.54, 1.807) is 0 Å². The zero-order chi connectivity index (χ0) is 15.3. The van der Waals surface area contributed by atoms with E-state index in [0.717, 1.165) is 13.2 Å². The minimum atomic E-state index is 0.489. The van der Waals surface area contributed by atoms with Crippen LogP contribution in [0.3, 0.4) is 0 Å². The highest BCUT2D eigenvalue weighted by Crippen LogP contribution is 2.19. The fourth-order valence-electron chi connectivity index (χ4n) is 3.43. The van der Waals surface area contributed by atoms with Crippen molar-refractivity contribution in [2.24, 2.45) is 5.73 Å². The van der Waals surface area contributed by atoms with Crippen LogP contribution in [0.25, 0.3) is 0 Å². The molecule has 1 heterocycles. The molecule has 2 N–H and O–H groups in total. The van der Waals surface area contributed by atoms with Gasteiger partial charge < -0.3 is 10.5 Å². The quantitative estimate of drug-likeness (QED) is 0.554. The van der Waals surface area contributed by atoms with Crippen molar-refractivity contribution in [2.75, 3.05) is 26.2 Å². The van der Waals surface area contributed by atoms with E-state index in [-0.39, 0.29) is 0 Å². The molecule has 3 heteroatoms. The lowest BCUT2D eigenvalue weighted by molar-refractivity contribution is 0.00371. The lowest BCUT2D eigenvalue weighted by atomic mass is 10.0. The van der Waals surface area contributed by atoms with Crippen molar-refractivity contribution < 1.29 is 4.74 Å². The third kappa shape index (κ3) is 8.18. The molecule has 0 aromatic rings. The Bertz CT molecular complexity index is 227. The van der Waals surface area contributed by atoms with Crippen molar-refractivity contribution in [2.45, 2.75) is 90.2 Å². The smallest absolute Gasteiger partial charge is 0.0599 e. The molecule has 0 aliphatic carbocycles. The molecule has 0 amide bonds. The van der Waals surface area contributed by atoms with E-state index in [9.17, 15) is 0 Å². The average Bonchev–Trinajstić information content (AvgIpc) is 2.52. The van der Waals surface area contributed by atoms with Crippen molar-refractivity contribution >= 4 is 0 Å². The molecule has 0 aromatic heterocycles. The molecule has 0 bridgehead atoms. The van der Waals surface area contributed by atoms with Crippen molar-refractivity contribution in [3.05, 3.63) is 0 Å². The minimum Gasteiger partial charge on any atom is -0.378 e. The van der Waals surface area contributed by atoms with Gasteiger partial charge in [0.25, 0.3) is 0 Å². The number of piperidine rings is 1. The molecule has 0 aromatic carbocycles. The Morgan fingerprint density at radius 1 is 1.00 bits per heavy atom. The number of hydrogen-bond donors (Lipinski definition) is 1. The molecule has 1 aliphatic rings. The van der Waals surface area contributed by atoms with E-state index in [1.807, 2.05) is 0 Å². The van der Waals surface area contributed by atoms with E-state index in [2.05, 4.69) is 18.7 Å². The summed E-state index contributed by atoms with van der Waals surface area (Å²) in [5, 5.41) is 0. The number of nitrogens with two attached hydrogens (primary N) is 1. The summed E-state index contributed by atoms with van der Waals surface area (Å²) in [6, 6.07) is 0.600. The van der Waals surface area contributed by atoms with Gasteiger partial charge in [0.1, 0.15) is 0 Å². The molecule has 126 valence electrons. The van der Waals surface area contributed by atoms with Gasteiger partial charge in [-0.15, -0.1) is 0 Å². The van der Waals surface area contributed by atoms with Gasteiger partial charge in [0.15, 0.2) is 0 Å². The number of likely N-dealkylation sites (tertiary alicyclic amines) is 1. The van der Waals surface area contributed by atoms with E-state index in [4.69, 9.17) is 10.5 Å². The lowest BCUT2D eigenvalue weighted by Gasteiger charge is -2.37. The standard InChI is InChI=1S/C18H38N2O/c1-3-5-6-7-8-9-10-11-17(16-19)20-14-12-18(13-15-20)21-4-2/h17-18H,3-16,19H2,1-2H3. The zero-order valence-electron chi connectivity index (χ0n) is 14.5. The van der Waals surface area contributed by atoms with Crippen LogP contribution in [0.4, 0.5) is 0 Å². The molecular formula is C18H38N2O. The third-order valence-electron chi connectivity index (χ3n) is 4.81. The Hall–Kier alpha value is -0.120. The summed E-state index contributed by atoms with van der Waals surface area (Å²) in [4.78, 5) is 2.60. The van der Waals surface area contributed by atoms with E-state index in [0.29, 0.717) is 12.1 Å². The summed E-state index contributed by atoms with van der Waals surface area (Å²) >= 11 is 0. The van der Waals surface area contributed by atoms with Crippen molar-refractivity contribution in [3.63, 3.8) is 0 Å². The van der Waals surface area contributed by atoms with Crippen LogP contribution < -0.4 is 5.73 Å². The lowest BCUT2D eigenvalue weighted by Crippen LogP contribution is -2.46. The van der Waals surface area contributed by atoms with Gasteiger partial charge in [0.05, 0.1) is 6.10 Å². The van der Waals surface area contributed by atoms with Crippen LogP contribution in [0.2, 0.25) is 0 Å². The Labute approximate surface area is 132 Å². The van der Waals surface area contributed by atoms with Crippen LogP contribution in [0, 0.1) is 0 Å². The normalized spacial score (nSPS) is 19.0. The average molecular weight is 299 g/mol. The molecule has 1 fully saturated rings. The summed E-state index contributed by atoms with van der Waals surface area (Å²) < 4.78 is 5.73. The Morgan fingerprint density at radius 3 is 2.19 bits per heavy atom. The predicted molar refractivity (Wildman–Crippen MR) is 91.7 cm³/mol. The molecule has 0 saturated carbocycles. The summed E-state index contributed by atoms with van der Waals surface area (Å²) in [6.07, 6.45) is 13.9. The van der Waals surface area contributed by atoms with Crippen molar-refractivity contribution in [1.29, 1.82) is 0 Å². The highest BCUT2D eigenvalue weighted by atomic mass is 16.5. The predicted octanol–water partition coefficient (Wildman–Crippen LogP) is 3.96. The van der Waals surface area contributed by atoms with Crippen LogP contribution in [-0.2, 0) is 4.74 Å². The maximum atomic E-state index is 6.00. The van der Waals surface area contributed by atoms with Crippen LogP contribution in [0.1, 0.15) is 78.1 Å². The van der Waals surface area contributed by atoms with Crippen LogP contribution in [-0.4, -0.2) is 43.3 Å². The Kier molecular flexibility index (Phi) is 11.2. The van der Waals surface area contributed by atoms with Gasteiger partial charge in [-0.2, -0.15) is 0 Å². The SMILES string of the molecule is CCCCCCCCCC(CN)N1CCC(OCC)CC1. The second-order valence-electron chi connectivity index (χ2n) is 6.49. The van der Waals surface area contributed by atoms with E-state index >= 15 is 0 Å². The molecule has 1 atom stereocenters. The number of nitrogens with zero attached hydrogens (tertiary/aromatic N) is 1. The first kappa shape index (κ1) is 18.9. The summed E-state index contributed by atoms with van der Waals surface area (Å²) in [5.74, 6) is 0. The second kappa shape index (κ2) is 12.4. The number of rotatable bonds is 12. The first-order valence-electron chi connectivity index (χ1n) is 9.37. The Balaban J connectivity index is 2.09. The van der Waals surface area contributed by atoms with Crippen molar-refractivity contribution in [1.82, 2.24) is 4.90 Å². The second-order valence-corrected chi connectivity index (χ2v) is 6.49. The number of ether oxygens (including phenoxy) is 1. The molecule has 0 radical (unpaired) electrons. The Morgan fingerprint density at radius 2 is 1.62 bits per heavy atom. The first-order chi connectivity index (χ1) is 10.3. The number of hydrogen-bond acceptors (Lipinski definition) is 3.